The van der Waals surface area contributed by atoms with Crippen molar-refractivity contribution in [1.29, 1.82) is 5.26 Å². The average Bonchev–Trinajstić information content (AvgIpc) is 2.88. The van der Waals surface area contributed by atoms with Crippen LogP contribution in [-0.2, 0) is 13.1 Å². The molecule has 0 aliphatic carbocycles. The SMILES string of the molecule is N#Cc1ccc(CNCc2ncn[nH]2)o1. The van der Waals surface area contributed by atoms with Crippen LogP contribution in [0.2, 0.25) is 0 Å². The van der Waals surface area contributed by atoms with Gasteiger partial charge in [0.2, 0.25) is 5.76 Å². The van der Waals surface area contributed by atoms with E-state index < -0.39 is 0 Å². The third-order valence-corrected chi connectivity index (χ3v) is 1.83. The molecule has 2 aromatic heterocycles. The zero-order valence-electron chi connectivity index (χ0n) is 7.90. The second-order valence-corrected chi connectivity index (χ2v) is 2.91. The lowest BCUT2D eigenvalue weighted by atomic mass is 10.4. The van der Waals surface area contributed by atoms with Gasteiger partial charge in [-0.1, -0.05) is 0 Å². The van der Waals surface area contributed by atoms with Gasteiger partial charge in [-0.3, -0.25) is 5.10 Å². The summed E-state index contributed by atoms with van der Waals surface area (Å²) in [4.78, 5) is 3.96. The number of nitriles is 1. The number of H-pyrrole nitrogens is 1. The van der Waals surface area contributed by atoms with Gasteiger partial charge >= 0.3 is 0 Å². The maximum Gasteiger partial charge on any atom is 0.203 e. The fourth-order valence-corrected chi connectivity index (χ4v) is 1.15. The van der Waals surface area contributed by atoms with Crippen LogP contribution in [0.25, 0.3) is 0 Å². The summed E-state index contributed by atoms with van der Waals surface area (Å²) in [5.74, 6) is 1.82. The molecule has 0 aromatic carbocycles. The molecule has 0 radical (unpaired) electrons. The normalized spacial score (nSPS) is 10.1. The Morgan fingerprint density at radius 1 is 1.47 bits per heavy atom. The highest BCUT2D eigenvalue weighted by Gasteiger charge is 2.01. The molecule has 0 aliphatic heterocycles. The first-order chi connectivity index (χ1) is 7.38. The molecule has 0 bridgehead atoms. The second-order valence-electron chi connectivity index (χ2n) is 2.91. The number of rotatable bonds is 4. The molecule has 2 rings (SSSR count). The Hall–Kier alpha value is -2.13. The van der Waals surface area contributed by atoms with Gasteiger partial charge in [0.05, 0.1) is 13.1 Å². The highest BCUT2D eigenvalue weighted by Crippen LogP contribution is 2.05. The molecule has 15 heavy (non-hydrogen) atoms. The van der Waals surface area contributed by atoms with Gasteiger partial charge in [-0.2, -0.15) is 10.4 Å². The summed E-state index contributed by atoms with van der Waals surface area (Å²) in [7, 11) is 0. The monoisotopic (exact) mass is 203 g/mol. The molecule has 0 amide bonds. The van der Waals surface area contributed by atoms with Crippen molar-refractivity contribution in [1.82, 2.24) is 20.5 Å². The number of furan rings is 1. The van der Waals surface area contributed by atoms with Crippen LogP contribution in [0.5, 0.6) is 0 Å². The number of nitrogens with zero attached hydrogens (tertiary/aromatic N) is 3. The summed E-state index contributed by atoms with van der Waals surface area (Å²) in [6.45, 7) is 1.14. The first-order valence-corrected chi connectivity index (χ1v) is 4.42. The van der Waals surface area contributed by atoms with Crippen LogP contribution in [0.4, 0.5) is 0 Å². The zero-order valence-corrected chi connectivity index (χ0v) is 7.90. The van der Waals surface area contributed by atoms with Crippen LogP contribution in [0.15, 0.2) is 22.9 Å². The van der Waals surface area contributed by atoms with E-state index >= 15 is 0 Å². The number of hydrogen-bond donors (Lipinski definition) is 2. The van der Waals surface area contributed by atoms with Crippen molar-refractivity contribution in [2.24, 2.45) is 0 Å². The molecule has 0 saturated carbocycles. The van der Waals surface area contributed by atoms with Gasteiger partial charge in [-0.05, 0) is 12.1 Å². The minimum absolute atomic E-state index is 0.325. The fraction of sp³-hybridized carbons (Fsp3) is 0.222. The predicted octanol–water partition coefficient (Wildman–Crippen LogP) is 0.559. The van der Waals surface area contributed by atoms with Crippen molar-refractivity contribution >= 4 is 0 Å². The van der Waals surface area contributed by atoms with E-state index in [2.05, 4.69) is 20.5 Å². The third-order valence-electron chi connectivity index (χ3n) is 1.83. The molecule has 6 nitrogen and oxygen atoms in total. The second kappa shape index (κ2) is 4.39. The van der Waals surface area contributed by atoms with Crippen LogP contribution in [-0.4, -0.2) is 15.2 Å². The molecule has 2 aromatic rings. The van der Waals surface area contributed by atoms with Gasteiger partial charge < -0.3 is 9.73 Å². The van der Waals surface area contributed by atoms with Crippen LogP contribution in [0.3, 0.4) is 0 Å². The number of nitrogens with one attached hydrogen (secondary N) is 2. The van der Waals surface area contributed by atoms with Crippen LogP contribution in [0.1, 0.15) is 17.3 Å². The summed E-state index contributed by atoms with van der Waals surface area (Å²) in [6, 6.07) is 5.34. The van der Waals surface area contributed by atoms with E-state index in [4.69, 9.17) is 9.68 Å². The summed E-state index contributed by atoms with van der Waals surface area (Å²) in [5, 5.41) is 18.1. The molecule has 2 N–H and O–H groups in total. The zero-order chi connectivity index (χ0) is 10.5. The van der Waals surface area contributed by atoms with E-state index in [1.165, 1.54) is 6.33 Å². The molecule has 2 heterocycles. The maximum absolute atomic E-state index is 8.54. The number of hydrogen-bond acceptors (Lipinski definition) is 5. The molecule has 76 valence electrons. The molecular formula is C9H9N5O. The lowest BCUT2D eigenvalue weighted by Gasteiger charge is -1.98. The van der Waals surface area contributed by atoms with Gasteiger partial charge in [0.15, 0.2) is 0 Å². The number of aromatic nitrogens is 3. The van der Waals surface area contributed by atoms with Crippen LogP contribution in [0, 0.1) is 11.3 Å². The topological polar surface area (TPSA) is 90.5 Å². The van der Waals surface area contributed by atoms with E-state index in [0.29, 0.717) is 18.8 Å². The van der Waals surface area contributed by atoms with Crippen molar-refractivity contribution in [3.8, 4) is 6.07 Å². The molecular weight excluding hydrogens is 194 g/mol. The minimum Gasteiger partial charge on any atom is -0.449 e. The van der Waals surface area contributed by atoms with Gasteiger partial charge in [0.25, 0.3) is 0 Å². The Morgan fingerprint density at radius 2 is 2.40 bits per heavy atom. The molecule has 0 unspecified atom stereocenters. The van der Waals surface area contributed by atoms with E-state index in [-0.39, 0.29) is 0 Å². The first-order valence-electron chi connectivity index (χ1n) is 4.42. The van der Waals surface area contributed by atoms with E-state index in [1.54, 1.807) is 12.1 Å². The van der Waals surface area contributed by atoms with Gasteiger partial charge in [0.1, 0.15) is 24.0 Å². The van der Waals surface area contributed by atoms with Crippen molar-refractivity contribution in [3.05, 3.63) is 35.8 Å². The minimum atomic E-state index is 0.325. The summed E-state index contributed by atoms with van der Waals surface area (Å²) < 4.78 is 5.18. The van der Waals surface area contributed by atoms with Gasteiger partial charge in [0, 0.05) is 0 Å². The predicted molar refractivity (Wildman–Crippen MR) is 50.3 cm³/mol. The van der Waals surface area contributed by atoms with Crippen LogP contribution < -0.4 is 5.32 Å². The van der Waals surface area contributed by atoms with Crippen molar-refractivity contribution in [2.75, 3.05) is 0 Å². The van der Waals surface area contributed by atoms with E-state index in [9.17, 15) is 0 Å². The van der Waals surface area contributed by atoms with Gasteiger partial charge in [-0.25, -0.2) is 4.98 Å². The van der Waals surface area contributed by atoms with Crippen LogP contribution >= 0.6 is 0 Å². The lowest BCUT2D eigenvalue weighted by molar-refractivity contribution is 0.471. The Labute approximate surface area is 85.9 Å². The Kier molecular flexibility index (Phi) is 2.76. The fourth-order valence-electron chi connectivity index (χ4n) is 1.15. The smallest absolute Gasteiger partial charge is 0.203 e. The quantitative estimate of drug-likeness (QED) is 0.757. The van der Waals surface area contributed by atoms with Crippen molar-refractivity contribution in [3.63, 3.8) is 0 Å². The van der Waals surface area contributed by atoms with Crippen molar-refractivity contribution in [2.45, 2.75) is 13.1 Å². The van der Waals surface area contributed by atoms with E-state index in [0.717, 1.165) is 11.6 Å². The molecule has 6 heteroatoms. The summed E-state index contributed by atoms with van der Waals surface area (Å²) in [5.41, 5.74) is 0. The van der Waals surface area contributed by atoms with Gasteiger partial charge in [-0.15, -0.1) is 0 Å². The summed E-state index contributed by atoms with van der Waals surface area (Å²) in [6.07, 6.45) is 1.46. The number of aromatic amines is 1. The first kappa shape index (κ1) is 9.43. The lowest BCUT2D eigenvalue weighted by Crippen LogP contribution is -2.13. The average molecular weight is 203 g/mol. The Bertz CT molecular complexity index is 453. The molecule has 0 saturated heterocycles. The standard InChI is InChI=1S/C9H9N5O/c10-3-7-1-2-8(15-7)4-11-5-9-12-6-13-14-9/h1-2,6,11H,4-5H2,(H,12,13,14). The Balaban J connectivity index is 1.81. The van der Waals surface area contributed by atoms with Crippen molar-refractivity contribution < 1.29 is 4.42 Å². The summed E-state index contributed by atoms with van der Waals surface area (Å²) >= 11 is 0. The molecule has 0 fully saturated rings. The molecule has 0 spiro atoms. The molecule has 0 atom stereocenters. The van der Waals surface area contributed by atoms with E-state index in [1.807, 2.05) is 6.07 Å². The third kappa shape index (κ3) is 2.42. The molecule has 0 aliphatic rings. The highest BCUT2D eigenvalue weighted by molar-refractivity contribution is 5.18. The largest absolute Gasteiger partial charge is 0.449 e. The maximum atomic E-state index is 8.54. The highest BCUT2D eigenvalue weighted by atomic mass is 16.3. The Morgan fingerprint density at radius 3 is 3.07 bits per heavy atom.